The molecule has 1 aliphatic heterocycles. The van der Waals surface area contributed by atoms with Crippen LogP contribution in [0.4, 0.5) is 10.8 Å². The van der Waals surface area contributed by atoms with Crippen LogP contribution in [0, 0.1) is 5.92 Å². The van der Waals surface area contributed by atoms with Crippen LogP contribution in [0.15, 0.2) is 41.8 Å². The largest absolute Gasteiger partial charge is 0.493 e. The first-order chi connectivity index (χ1) is 15.9. The Labute approximate surface area is 200 Å². The maximum Gasteiger partial charge on any atom is 0.231 e. The van der Waals surface area contributed by atoms with Gasteiger partial charge in [0.1, 0.15) is 0 Å². The number of nitrogens with one attached hydrogen (secondary N) is 1. The average Bonchev–Trinajstić information content (AvgIpc) is 3.45. The Kier molecular flexibility index (Phi) is 6.71. The molecule has 8 nitrogen and oxygen atoms in total. The Morgan fingerprint density at radius 2 is 1.85 bits per heavy atom. The molecule has 0 radical (unpaired) electrons. The molecule has 2 amide bonds. The standard InChI is InChI=1S/C23H22ClN3O5S/c1-30-18-9-14(10-19(31-2)21(18)32-3)27-11-13(8-20(27)28)22(29)26-23-25-17(12-33-23)15-6-4-5-7-16(15)24/h4-7,9-10,12-13H,8,11H2,1-3H3,(H,25,26,29). The zero-order valence-electron chi connectivity index (χ0n) is 18.3. The maximum absolute atomic E-state index is 12.9. The summed E-state index contributed by atoms with van der Waals surface area (Å²) in [5, 5.41) is 5.70. The summed E-state index contributed by atoms with van der Waals surface area (Å²) in [6.45, 7) is 0.228. The Morgan fingerprint density at radius 1 is 1.15 bits per heavy atom. The number of rotatable bonds is 7. The van der Waals surface area contributed by atoms with Crippen molar-refractivity contribution in [3.05, 3.63) is 46.8 Å². The molecule has 4 rings (SSSR count). The van der Waals surface area contributed by atoms with Crippen molar-refractivity contribution in [3.8, 4) is 28.5 Å². The number of ether oxygens (including phenoxy) is 3. The van der Waals surface area contributed by atoms with E-state index in [0.717, 1.165) is 5.56 Å². The summed E-state index contributed by atoms with van der Waals surface area (Å²) in [7, 11) is 4.53. The van der Waals surface area contributed by atoms with Gasteiger partial charge in [0.05, 0.1) is 38.6 Å². The van der Waals surface area contributed by atoms with E-state index in [4.69, 9.17) is 25.8 Å². The Balaban J connectivity index is 1.49. The van der Waals surface area contributed by atoms with Crippen molar-refractivity contribution in [3.63, 3.8) is 0 Å². The molecule has 33 heavy (non-hydrogen) atoms. The van der Waals surface area contributed by atoms with E-state index in [1.807, 2.05) is 23.6 Å². The number of thiazole rings is 1. The molecule has 0 spiro atoms. The predicted octanol–water partition coefficient (Wildman–Crippen LogP) is 4.48. The number of hydrogen-bond acceptors (Lipinski definition) is 7. The molecular formula is C23H22ClN3O5S. The van der Waals surface area contributed by atoms with Gasteiger partial charge in [0.15, 0.2) is 16.6 Å². The van der Waals surface area contributed by atoms with Crippen LogP contribution in [0.1, 0.15) is 6.42 Å². The molecule has 1 atom stereocenters. The van der Waals surface area contributed by atoms with Gasteiger partial charge in [-0.25, -0.2) is 4.98 Å². The van der Waals surface area contributed by atoms with E-state index < -0.39 is 5.92 Å². The predicted molar refractivity (Wildman–Crippen MR) is 128 cm³/mol. The van der Waals surface area contributed by atoms with Crippen molar-refractivity contribution >= 4 is 45.6 Å². The quantitative estimate of drug-likeness (QED) is 0.528. The molecular weight excluding hydrogens is 466 g/mol. The van der Waals surface area contributed by atoms with Crippen LogP contribution in [0.3, 0.4) is 0 Å². The van der Waals surface area contributed by atoms with Gasteiger partial charge in [0.25, 0.3) is 0 Å². The van der Waals surface area contributed by atoms with Gasteiger partial charge < -0.3 is 24.4 Å². The molecule has 1 unspecified atom stereocenters. The fourth-order valence-corrected chi connectivity index (χ4v) is 4.63. The van der Waals surface area contributed by atoms with Crippen molar-refractivity contribution in [2.75, 3.05) is 38.1 Å². The summed E-state index contributed by atoms with van der Waals surface area (Å²) in [6, 6.07) is 10.8. The van der Waals surface area contributed by atoms with E-state index >= 15 is 0 Å². The summed E-state index contributed by atoms with van der Waals surface area (Å²) < 4.78 is 16.1. The van der Waals surface area contributed by atoms with Gasteiger partial charge in [-0.1, -0.05) is 29.8 Å². The van der Waals surface area contributed by atoms with Crippen LogP contribution in [0.2, 0.25) is 5.02 Å². The third-order valence-electron chi connectivity index (χ3n) is 5.34. The van der Waals surface area contributed by atoms with Crippen LogP contribution in [0.5, 0.6) is 17.2 Å². The molecule has 1 N–H and O–H groups in total. The second-order valence-corrected chi connectivity index (χ2v) is 8.56. The number of aromatic nitrogens is 1. The van der Waals surface area contributed by atoms with Gasteiger partial charge in [-0.2, -0.15) is 0 Å². The molecule has 1 aromatic heterocycles. The number of benzene rings is 2. The molecule has 1 saturated heterocycles. The van der Waals surface area contributed by atoms with Gasteiger partial charge in [-0.3, -0.25) is 9.59 Å². The topological polar surface area (TPSA) is 90.0 Å². The fraction of sp³-hybridized carbons (Fsp3) is 0.261. The molecule has 0 aliphatic carbocycles. The van der Waals surface area contributed by atoms with Gasteiger partial charge in [0.2, 0.25) is 17.6 Å². The Morgan fingerprint density at radius 3 is 2.48 bits per heavy atom. The minimum atomic E-state index is -0.524. The van der Waals surface area contributed by atoms with Crippen molar-refractivity contribution in [2.24, 2.45) is 5.92 Å². The summed E-state index contributed by atoms with van der Waals surface area (Å²) in [4.78, 5) is 31.6. The number of amides is 2. The molecule has 2 aromatic carbocycles. The number of anilines is 2. The van der Waals surface area contributed by atoms with E-state index in [9.17, 15) is 9.59 Å². The molecule has 0 bridgehead atoms. The van der Waals surface area contributed by atoms with E-state index in [-0.39, 0.29) is 24.8 Å². The van der Waals surface area contributed by atoms with Crippen molar-refractivity contribution < 1.29 is 23.8 Å². The van der Waals surface area contributed by atoms with E-state index in [2.05, 4.69) is 10.3 Å². The van der Waals surface area contributed by atoms with Crippen molar-refractivity contribution in [2.45, 2.75) is 6.42 Å². The first-order valence-electron chi connectivity index (χ1n) is 10.1. The Hall–Kier alpha value is -3.30. The van der Waals surface area contributed by atoms with Gasteiger partial charge >= 0.3 is 0 Å². The number of methoxy groups -OCH3 is 3. The van der Waals surface area contributed by atoms with Gasteiger partial charge in [0, 0.05) is 41.1 Å². The van der Waals surface area contributed by atoms with Crippen LogP contribution in [-0.2, 0) is 9.59 Å². The van der Waals surface area contributed by atoms with E-state index in [1.165, 1.54) is 32.7 Å². The molecule has 172 valence electrons. The smallest absolute Gasteiger partial charge is 0.231 e. The SMILES string of the molecule is COc1cc(N2CC(C(=O)Nc3nc(-c4ccccc4Cl)cs3)CC2=O)cc(OC)c1OC. The first-order valence-corrected chi connectivity index (χ1v) is 11.3. The Bertz CT molecular complexity index is 1170. The highest BCUT2D eigenvalue weighted by Gasteiger charge is 2.36. The fourth-order valence-electron chi connectivity index (χ4n) is 3.69. The lowest BCUT2D eigenvalue weighted by Crippen LogP contribution is -2.28. The lowest BCUT2D eigenvalue weighted by molar-refractivity contribution is -0.122. The highest BCUT2D eigenvalue weighted by atomic mass is 35.5. The lowest BCUT2D eigenvalue weighted by Gasteiger charge is -2.20. The number of halogens is 1. The van der Waals surface area contributed by atoms with Crippen LogP contribution in [-0.4, -0.2) is 44.7 Å². The second-order valence-electron chi connectivity index (χ2n) is 7.30. The third kappa shape index (κ3) is 4.60. The second kappa shape index (κ2) is 9.68. The van der Waals surface area contributed by atoms with E-state index in [0.29, 0.717) is 38.8 Å². The molecule has 1 fully saturated rings. The number of nitrogens with zero attached hydrogens (tertiary/aromatic N) is 2. The number of carbonyl (C=O) groups is 2. The van der Waals surface area contributed by atoms with Crippen LogP contribution in [0.25, 0.3) is 11.3 Å². The zero-order valence-corrected chi connectivity index (χ0v) is 19.8. The molecule has 10 heteroatoms. The summed E-state index contributed by atoms with van der Waals surface area (Å²) in [6.07, 6.45) is 0.0885. The monoisotopic (exact) mass is 487 g/mol. The lowest BCUT2D eigenvalue weighted by atomic mass is 10.1. The van der Waals surface area contributed by atoms with E-state index in [1.54, 1.807) is 23.1 Å². The third-order valence-corrected chi connectivity index (χ3v) is 6.43. The van der Waals surface area contributed by atoms with Crippen LogP contribution >= 0.6 is 22.9 Å². The number of carbonyl (C=O) groups excluding carboxylic acids is 2. The molecule has 0 saturated carbocycles. The molecule has 2 heterocycles. The van der Waals surface area contributed by atoms with Gasteiger partial charge in [-0.15, -0.1) is 11.3 Å². The van der Waals surface area contributed by atoms with Crippen LogP contribution < -0.4 is 24.4 Å². The summed E-state index contributed by atoms with van der Waals surface area (Å²) in [5.74, 6) is 0.343. The summed E-state index contributed by atoms with van der Waals surface area (Å²) >= 11 is 7.54. The average molecular weight is 488 g/mol. The van der Waals surface area contributed by atoms with Gasteiger partial charge in [-0.05, 0) is 6.07 Å². The minimum absolute atomic E-state index is 0.0885. The van der Waals surface area contributed by atoms with Crippen molar-refractivity contribution in [1.82, 2.24) is 4.98 Å². The molecule has 3 aromatic rings. The first kappa shape index (κ1) is 22.9. The molecule has 1 aliphatic rings. The highest BCUT2D eigenvalue weighted by molar-refractivity contribution is 7.14. The highest BCUT2D eigenvalue weighted by Crippen LogP contribution is 2.42. The zero-order chi connectivity index (χ0) is 23.5. The summed E-state index contributed by atoms with van der Waals surface area (Å²) in [5.41, 5.74) is 2.04. The van der Waals surface area contributed by atoms with Crippen molar-refractivity contribution in [1.29, 1.82) is 0 Å². The minimum Gasteiger partial charge on any atom is -0.493 e. The maximum atomic E-state index is 12.9. The number of hydrogen-bond donors (Lipinski definition) is 1. The normalized spacial score (nSPS) is 15.5.